The second-order valence-corrected chi connectivity index (χ2v) is 3.59. The molecule has 0 bridgehead atoms. The van der Waals surface area contributed by atoms with Gasteiger partial charge in [0.15, 0.2) is 0 Å². The molecule has 0 nitrogen and oxygen atoms in total. The van der Waals surface area contributed by atoms with Crippen LogP contribution in [0.25, 0.3) is 0 Å². The van der Waals surface area contributed by atoms with E-state index in [4.69, 9.17) is 0 Å². The maximum Gasteiger partial charge on any atom is 0.241 e. The topological polar surface area (TPSA) is 0 Å². The molecule has 66 valence electrons. The summed E-state index contributed by atoms with van der Waals surface area (Å²) in [5.74, 6) is -0.0842. The Morgan fingerprint density at radius 1 is 1.09 bits per heavy atom. The summed E-state index contributed by atoms with van der Waals surface area (Å²) < 4.78 is 24.4. The zero-order valence-corrected chi connectivity index (χ0v) is 7.02. The average Bonchev–Trinajstić information content (AvgIpc) is 2.05. The van der Waals surface area contributed by atoms with Crippen molar-refractivity contribution in [2.24, 2.45) is 11.8 Å². The van der Waals surface area contributed by atoms with Crippen LogP contribution in [-0.4, -0.2) is 6.43 Å². The van der Waals surface area contributed by atoms with Gasteiger partial charge in [-0.15, -0.1) is 0 Å². The Hall–Kier alpha value is -0.140. The first-order valence-electron chi connectivity index (χ1n) is 4.50. The molecule has 0 spiro atoms. The molecule has 0 aromatic carbocycles. The minimum Gasteiger partial charge on any atom is -0.210 e. The van der Waals surface area contributed by atoms with Crippen LogP contribution in [0.4, 0.5) is 8.78 Å². The lowest BCUT2D eigenvalue weighted by atomic mass is 9.81. The number of hydrogen-bond donors (Lipinski definition) is 0. The van der Waals surface area contributed by atoms with Gasteiger partial charge in [0.2, 0.25) is 6.43 Å². The van der Waals surface area contributed by atoms with E-state index in [-0.39, 0.29) is 5.92 Å². The SMILES string of the molecule is CC(C(F)F)C1CCCCC1. The van der Waals surface area contributed by atoms with Crippen molar-refractivity contribution < 1.29 is 8.78 Å². The molecule has 11 heavy (non-hydrogen) atoms. The summed E-state index contributed by atoms with van der Waals surface area (Å²) in [6, 6.07) is 0. The van der Waals surface area contributed by atoms with E-state index >= 15 is 0 Å². The molecule has 1 fully saturated rings. The molecule has 1 rings (SSSR count). The fraction of sp³-hybridized carbons (Fsp3) is 1.00. The zero-order chi connectivity index (χ0) is 8.27. The molecule has 0 saturated heterocycles. The molecule has 1 atom stereocenters. The van der Waals surface area contributed by atoms with Crippen molar-refractivity contribution >= 4 is 0 Å². The normalized spacial score (nSPS) is 24.0. The molecule has 0 radical (unpaired) electrons. The van der Waals surface area contributed by atoms with Gasteiger partial charge >= 0.3 is 0 Å². The minimum absolute atomic E-state index is 0.295. The van der Waals surface area contributed by atoms with Gasteiger partial charge in [-0.2, -0.15) is 0 Å². The van der Waals surface area contributed by atoms with Crippen molar-refractivity contribution in [3.8, 4) is 0 Å². The first-order valence-corrected chi connectivity index (χ1v) is 4.50. The first-order chi connectivity index (χ1) is 5.22. The second-order valence-electron chi connectivity index (χ2n) is 3.59. The van der Waals surface area contributed by atoms with Gasteiger partial charge in [-0.25, -0.2) is 8.78 Å². The van der Waals surface area contributed by atoms with E-state index in [1.54, 1.807) is 6.92 Å². The Morgan fingerprint density at radius 2 is 1.64 bits per heavy atom. The molecular weight excluding hydrogens is 146 g/mol. The summed E-state index contributed by atoms with van der Waals surface area (Å²) in [5, 5.41) is 0. The number of halogens is 2. The van der Waals surface area contributed by atoms with Crippen LogP contribution >= 0.6 is 0 Å². The molecular formula is C9H16F2. The second kappa shape index (κ2) is 4.03. The van der Waals surface area contributed by atoms with Crippen LogP contribution < -0.4 is 0 Å². The molecule has 0 aromatic rings. The highest BCUT2D eigenvalue weighted by molar-refractivity contribution is 4.72. The maximum absolute atomic E-state index is 12.2. The molecule has 1 aliphatic carbocycles. The maximum atomic E-state index is 12.2. The van der Waals surface area contributed by atoms with Crippen LogP contribution in [0.1, 0.15) is 39.0 Å². The predicted octanol–water partition coefficient (Wildman–Crippen LogP) is 3.47. The van der Waals surface area contributed by atoms with Gasteiger partial charge in [0, 0.05) is 5.92 Å². The van der Waals surface area contributed by atoms with Gasteiger partial charge in [-0.3, -0.25) is 0 Å². The molecule has 2 heteroatoms. The van der Waals surface area contributed by atoms with Crippen molar-refractivity contribution in [1.29, 1.82) is 0 Å². The molecule has 1 saturated carbocycles. The Bertz CT molecular complexity index is 106. The Kier molecular flexibility index (Phi) is 3.28. The summed E-state index contributed by atoms with van der Waals surface area (Å²) >= 11 is 0. The summed E-state index contributed by atoms with van der Waals surface area (Å²) in [7, 11) is 0. The zero-order valence-electron chi connectivity index (χ0n) is 7.02. The third-order valence-corrected chi connectivity index (χ3v) is 2.79. The fourth-order valence-corrected chi connectivity index (χ4v) is 1.87. The highest BCUT2D eigenvalue weighted by atomic mass is 19.3. The minimum atomic E-state index is -2.11. The van der Waals surface area contributed by atoms with E-state index in [1.165, 1.54) is 6.42 Å². The summed E-state index contributed by atoms with van der Waals surface area (Å²) in [6.45, 7) is 1.68. The van der Waals surface area contributed by atoms with Crippen LogP contribution in [0.3, 0.4) is 0 Å². The van der Waals surface area contributed by atoms with E-state index in [1.807, 2.05) is 0 Å². The first kappa shape index (κ1) is 8.95. The van der Waals surface area contributed by atoms with Crippen LogP contribution in [0.15, 0.2) is 0 Å². The van der Waals surface area contributed by atoms with Gasteiger partial charge < -0.3 is 0 Å². The van der Waals surface area contributed by atoms with Gasteiger partial charge in [0.1, 0.15) is 0 Å². The van der Waals surface area contributed by atoms with Gasteiger partial charge in [-0.05, 0) is 18.8 Å². The lowest BCUT2D eigenvalue weighted by molar-refractivity contribution is 0.0421. The van der Waals surface area contributed by atoms with Crippen molar-refractivity contribution in [2.75, 3.05) is 0 Å². The highest BCUT2D eigenvalue weighted by Gasteiger charge is 2.26. The van der Waals surface area contributed by atoms with Gasteiger partial charge in [-0.1, -0.05) is 26.2 Å². The van der Waals surface area contributed by atoms with Crippen LogP contribution in [0.2, 0.25) is 0 Å². The smallest absolute Gasteiger partial charge is 0.210 e. The Balaban J connectivity index is 2.32. The quantitative estimate of drug-likeness (QED) is 0.583. The monoisotopic (exact) mass is 162 g/mol. The largest absolute Gasteiger partial charge is 0.241 e. The molecule has 1 aliphatic rings. The highest BCUT2D eigenvalue weighted by Crippen LogP contribution is 2.32. The van der Waals surface area contributed by atoms with Crippen molar-refractivity contribution in [3.05, 3.63) is 0 Å². The number of hydrogen-bond acceptors (Lipinski definition) is 0. The van der Waals surface area contributed by atoms with E-state index in [0.29, 0.717) is 5.92 Å². The molecule has 0 N–H and O–H groups in total. The molecule has 1 unspecified atom stereocenters. The van der Waals surface area contributed by atoms with Gasteiger partial charge in [0.05, 0.1) is 0 Å². The van der Waals surface area contributed by atoms with Crippen LogP contribution in [-0.2, 0) is 0 Å². The van der Waals surface area contributed by atoms with Crippen molar-refractivity contribution in [2.45, 2.75) is 45.5 Å². The van der Waals surface area contributed by atoms with Crippen molar-refractivity contribution in [1.82, 2.24) is 0 Å². The van der Waals surface area contributed by atoms with E-state index in [9.17, 15) is 8.78 Å². The lowest BCUT2D eigenvalue weighted by Crippen LogP contribution is -2.21. The number of alkyl halides is 2. The fourth-order valence-electron chi connectivity index (χ4n) is 1.87. The van der Waals surface area contributed by atoms with E-state index < -0.39 is 6.43 Å². The molecule has 0 heterocycles. The summed E-state index contributed by atoms with van der Waals surface area (Å²) in [5.41, 5.74) is 0. The van der Waals surface area contributed by atoms with Gasteiger partial charge in [0.25, 0.3) is 0 Å². The Morgan fingerprint density at radius 3 is 2.09 bits per heavy atom. The van der Waals surface area contributed by atoms with E-state index in [2.05, 4.69) is 0 Å². The average molecular weight is 162 g/mol. The van der Waals surface area contributed by atoms with Crippen molar-refractivity contribution in [3.63, 3.8) is 0 Å². The summed E-state index contributed by atoms with van der Waals surface area (Å²) in [4.78, 5) is 0. The van der Waals surface area contributed by atoms with Crippen LogP contribution in [0.5, 0.6) is 0 Å². The third-order valence-electron chi connectivity index (χ3n) is 2.79. The van der Waals surface area contributed by atoms with Crippen LogP contribution in [0, 0.1) is 11.8 Å². The molecule has 0 aliphatic heterocycles. The summed E-state index contributed by atoms with van der Waals surface area (Å²) in [6.07, 6.45) is 3.48. The van der Waals surface area contributed by atoms with E-state index in [0.717, 1.165) is 25.7 Å². The predicted molar refractivity (Wildman–Crippen MR) is 41.7 cm³/mol. The Labute approximate surface area is 67.0 Å². The molecule has 0 aromatic heterocycles. The standard InChI is InChI=1S/C9H16F2/c1-7(9(10)11)8-5-3-2-4-6-8/h7-9H,2-6H2,1H3. The molecule has 0 amide bonds. The lowest BCUT2D eigenvalue weighted by Gasteiger charge is -2.26. The third kappa shape index (κ3) is 2.42. The number of rotatable bonds is 2.